The molecule has 7 nitrogen and oxygen atoms in total. The van der Waals surface area contributed by atoms with E-state index in [1.807, 2.05) is 0 Å². The fourth-order valence-electron chi connectivity index (χ4n) is 1.46. The lowest BCUT2D eigenvalue weighted by Crippen LogP contribution is -2.18. The number of hydrogen-bond donors (Lipinski definition) is 1. The molecule has 1 aromatic carbocycles. The predicted molar refractivity (Wildman–Crippen MR) is 56.1 cm³/mol. The molecular formula is C9H6ClNO6. The number of ether oxygens (including phenoxy) is 2. The molecule has 0 saturated carbocycles. The quantitative estimate of drug-likeness (QED) is 0.641. The van der Waals surface area contributed by atoms with E-state index in [9.17, 15) is 14.9 Å². The van der Waals surface area contributed by atoms with E-state index >= 15 is 0 Å². The minimum Gasteiger partial charge on any atom is -0.485 e. The van der Waals surface area contributed by atoms with Crippen molar-refractivity contribution in [2.75, 3.05) is 13.2 Å². The normalized spacial score (nSPS) is 13.2. The summed E-state index contributed by atoms with van der Waals surface area (Å²) in [4.78, 5) is 20.9. The van der Waals surface area contributed by atoms with Crippen LogP contribution in [0.15, 0.2) is 6.07 Å². The van der Waals surface area contributed by atoms with Crippen LogP contribution in [0.3, 0.4) is 0 Å². The largest absolute Gasteiger partial charge is 0.485 e. The maximum absolute atomic E-state index is 11.0. The highest BCUT2D eigenvalue weighted by atomic mass is 35.5. The van der Waals surface area contributed by atoms with E-state index in [4.69, 9.17) is 26.2 Å². The lowest BCUT2D eigenvalue weighted by Gasteiger charge is -2.20. The van der Waals surface area contributed by atoms with Crippen molar-refractivity contribution in [2.45, 2.75) is 0 Å². The smallest absolute Gasteiger partial charge is 0.339 e. The highest BCUT2D eigenvalue weighted by Gasteiger charge is 2.30. The zero-order valence-corrected chi connectivity index (χ0v) is 9.06. The summed E-state index contributed by atoms with van der Waals surface area (Å²) in [6, 6.07) is 0.859. The standard InChI is InChI=1S/C9H6ClNO6/c10-6-5(11(14)15)3-4(9(12)13)7-8(6)17-2-1-16-7/h3H,1-2H2,(H,12,13). The summed E-state index contributed by atoms with van der Waals surface area (Å²) in [5.74, 6) is -1.50. The van der Waals surface area contributed by atoms with Crippen molar-refractivity contribution in [3.8, 4) is 11.5 Å². The van der Waals surface area contributed by atoms with Crippen LogP contribution < -0.4 is 9.47 Å². The average molecular weight is 260 g/mol. The van der Waals surface area contributed by atoms with Gasteiger partial charge in [-0.05, 0) is 0 Å². The van der Waals surface area contributed by atoms with Crippen molar-refractivity contribution >= 4 is 23.3 Å². The SMILES string of the molecule is O=C(O)c1cc([N+](=O)[O-])c(Cl)c2c1OCCO2. The van der Waals surface area contributed by atoms with Crippen LogP contribution in [0, 0.1) is 10.1 Å². The minimum atomic E-state index is -1.34. The molecule has 1 heterocycles. The van der Waals surface area contributed by atoms with Crippen LogP contribution in [-0.2, 0) is 0 Å². The number of halogens is 1. The number of rotatable bonds is 2. The number of hydrogen-bond acceptors (Lipinski definition) is 5. The summed E-state index contributed by atoms with van der Waals surface area (Å²) >= 11 is 5.76. The molecule has 0 aliphatic carbocycles. The van der Waals surface area contributed by atoms with Gasteiger partial charge in [-0.15, -0.1) is 0 Å². The Morgan fingerprint density at radius 2 is 2.00 bits per heavy atom. The summed E-state index contributed by atoms with van der Waals surface area (Å²) in [6.45, 7) is 0.328. The van der Waals surface area contributed by atoms with Gasteiger partial charge in [0.2, 0.25) is 0 Å². The second-order valence-electron chi connectivity index (χ2n) is 3.17. The zero-order valence-electron chi connectivity index (χ0n) is 8.31. The van der Waals surface area contributed by atoms with E-state index in [1.165, 1.54) is 0 Å². The van der Waals surface area contributed by atoms with Crippen molar-refractivity contribution in [2.24, 2.45) is 0 Å². The molecule has 1 aliphatic heterocycles. The molecule has 90 valence electrons. The van der Waals surface area contributed by atoms with Crippen molar-refractivity contribution in [3.05, 3.63) is 26.8 Å². The number of aromatic carboxylic acids is 1. The fourth-order valence-corrected chi connectivity index (χ4v) is 1.72. The molecule has 8 heteroatoms. The van der Waals surface area contributed by atoms with Crippen molar-refractivity contribution in [3.63, 3.8) is 0 Å². The first-order valence-electron chi connectivity index (χ1n) is 4.52. The Kier molecular flexibility index (Phi) is 2.76. The second kappa shape index (κ2) is 4.10. The lowest BCUT2D eigenvalue weighted by atomic mass is 10.1. The van der Waals surface area contributed by atoms with E-state index in [0.717, 1.165) is 6.07 Å². The molecule has 0 saturated heterocycles. The van der Waals surface area contributed by atoms with Crippen molar-refractivity contribution in [1.29, 1.82) is 0 Å². The van der Waals surface area contributed by atoms with Gasteiger partial charge >= 0.3 is 5.97 Å². The molecule has 1 N–H and O–H groups in total. The van der Waals surface area contributed by atoms with Crippen LogP contribution in [0.1, 0.15) is 10.4 Å². The second-order valence-corrected chi connectivity index (χ2v) is 3.55. The Hall–Kier alpha value is -2.02. The van der Waals surface area contributed by atoms with E-state index in [1.54, 1.807) is 0 Å². The number of nitro benzene ring substituents is 1. The molecule has 0 unspecified atom stereocenters. The van der Waals surface area contributed by atoms with Crippen LogP contribution in [0.4, 0.5) is 5.69 Å². The van der Waals surface area contributed by atoms with Gasteiger partial charge in [-0.3, -0.25) is 10.1 Å². The molecule has 0 spiro atoms. The maximum atomic E-state index is 11.0. The van der Waals surface area contributed by atoms with Gasteiger partial charge < -0.3 is 14.6 Å². The molecular weight excluding hydrogens is 254 g/mol. The monoisotopic (exact) mass is 259 g/mol. The molecule has 0 atom stereocenters. The molecule has 1 aliphatic rings. The third kappa shape index (κ3) is 1.84. The number of nitrogens with zero attached hydrogens (tertiary/aromatic N) is 1. The molecule has 0 radical (unpaired) electrons. The zero-order chi connectivity index (χ0) is 12.6. The number of carboxylic acid groups (broad SMARTS) is 1. The van der Waals surface area contributed by atoms with E-state index in [0.29, 0.717) is 0 Å². The summed E-state index contributed by atoms with van der Waals surface area (Å²) in [5.41, 5.74) is -0.857. The van der Waals surface area contributed by atoms with Gasteiger partial charge in [-0.2, -0.15) is 0 Å². The molecule has 1 aromatic rings. The average Bonchev–Trinajstić information content (AvgIpc) is 2.29. The number of fused-ring (bicyclic) bond motifs is 1. The van der Waals surface area contributed by atoms with Gasteiger partial charge in [0.25, 0.3) is 5.69 Å². The summed E-state index contributed by atoms with van der Waals surface area (Å²) in [5, 5.41) is 19.4. The van der Waals surface area contributed by atoms with Crippen LogP contribution in [0.5, 0.6) is 11.5 Å². The Morgan fingerprint density at radius 1 is 1.41 bits per heavy atom. The summed E-state index contributed by atoms with van der Waals surface area (Å²) in [7, 11) is 0. The molecule has 0 aromatic heterocycles. The van der Waals surface area contributed by atoms with Gasteiger partial charge in [-0.25, -0.2) is 4.79 Å². The third-order valence-corrected chi connectivity index (χ3v) is 2.52. The Morgan fingerprint density at radius 3 is 2.53 bits per heavy atom. The van der Waals surface area contributed by atoms with Gasteiger partial charge in [0.1, 0.15) is 18.8 Å². The van der Waals surface area contributed by atoms with Crippen molar-refractivity contribution < 1.29 is 24.3 Å². The van der Waals surface area contributed by atoms with E-state index < -0.39 is 16.6 Å². The van der Waals surface area contributed by atoms with Gasteiger partial charge in [0, 0.05) is 6.07 Å². The van der Waals surface area contributed by atoms with Gasteiger partial charge in [-0.1, -0.05) is 11.6 Å². The molecule has 0 amide bonds. The number of carboxylic acids is 1. The first-order chi connectivity index (χ1) is 8.02. The number of benzene rings is 1. The van der Waals surface area contributed by atoms with Crippen LogP contribution in [0.2, 0.25) is 5.02 Å². The summed E-state index contributed by atoms with van der Waals surface area (Å²) < 4.78 is 10.2. The first kappa shape index (κ1) is 11.5. The summed E-state index contributed by atoms with van der Waals surface area (Å²) in [6.07, 6.45) is 0. The molecule has 17 heavy (non-hydrogen) atoms. The van der Waals surface area contributed by atoms with E-state index in [2.05, 4.69) is 0 Å². The first-order valence-corrected chi connectivity index (χ1v) is 4.90. The Bertz CT molecular complexity index is 515. The number of carbonyl (C=O) groups is 1. The Balaban J connectivity index is 2.72. The predicted octanol–water partition coefficient (Wildman–Crippen LogP) is 1.72. The van der Waals surface area contributed by atoms with Crippen LogP contribution >= 0.6 is 11.6 Å². The topological polar surface area (TPSA) is 98.9 Å². The third-order valence-electron chi connectivity index (χ3n) is 2.16. The lowest BCUT2D eigenvalue weighted by molar-refractivity contribution is -0.384. The van der Waals surface area contributed by atoms with Gasteiger partial charge in [0.05, 0.1) is 4.92 Å². The number of nitro groups is 1. The minimum absolute atomic E-state index is 0.0700. The molecule has 2 rings (SSSR count). The highest BCUT2D eigenvalue weighted by molar-refractivity contribution is 6.34. The van der Waals surface area contributed by atoms with Crippen molar-refractivity contribution in [1.82, 2.24) is 0 Å². The molecule has 0 fully saturated rings. The van der Waals surface area contributed by atoms with Gasteiger partial charge in [0.15, 0.2) is 16.5 Å². The maximum Gasteiger partial charge on any atom is 0.339 e. The molecule has 0 bridgehead atoms. The van der Waals surface area contributed by atoms with E-state index in [-0.39, 0.29) is 35.3 Å². The Labute approximate surface area is 99.7 Å². The highest BCUT2D eigenvalue weighted by Crippen LogP contribution is 2.45. The van der Waals surface area contributed by atoms with Crippen LogP contribution in [-0.4, -0.2) is 29.2 Å². The van der Waals surface area contributed by atoms with Crippen LogP contribution in [0.25, 0.3) is 0 Å². The fraction of sp³-hybridized carbons (Fsp3) is 0.222.